The van der Waals surface area contributed by atoms with Gasteiger partial charge in [-0.15, -0.1) is 0 Å². The molecule has 0 radical (unpaired) electrons. The number of anilines is 1. The van der Waals surface area contributed by atoms with E-state index < -0.39 is 11.7 Å². The molecule has 0 aliphatic carbocycles. The Bertz CT molecular complexity index is 1190. The fourth-order valence-electron chi connectivity index (χ4n) is 4.00. The molecule has 190 valence electrons. The maximum atomic E-state index is 13.0. The molecule has 3 rings (SSSR count). The minimum atomic E-state index is -4.37. The van der Waals surface area contributed by atoms with E-state index >= 15 is 0 Å². The highest BCUT2D eigenvalue weighted by molar-refractivity contribution is 6.32. The predicted molar refractivity (Wildman–Crippen MR) is 142 cm³/mol. The summed E-state index contributed by atoms with van der Waals surface area (Å²) < 4.78 is 44.3. The van der Waals surface area contributed by atoms with Gasteiger partial charge in [0.15, 0.2) is 0 Å². The zero-order valence-corrected chi connectivity index (χ0v) is 21.4. The highest BCUT2D eigenvalue weighted by Gasteiger charge is 2.30. The lowest BCUT2D eigenvalue weighted by molar-refractivity contribution is -0.137. The first-order valence-corrected chi connectivity index (χ1v) is 11.8. The van der Waals surface area contributed by atoms with Gasteiger partial charge in [-0.25, -0.2) is 0 Å². The molecule has 0 aliphatic heterocycles. The third-order valence-corrected chi connectivity index (χ3v) is 6.37. The van der Waals surface area contributed by atoms with Crippen LogP contribution in [-0.4, -0.2) is 32.6 Å². The monoisotopic (exact) mass is 514 g/mol. The summed E-state index contributed by atoms with van der Waals surface area (Å²) in [5.74, 6) is 0.320. The topological polar surface area (TPSA) is 15.7 Å². The molecule has 0 amide bonds. The lowest BCUT2D eigenvalue weighted by Crippen LogP contribution is -2.31. The number of likely N-dealkylation sites (N-methyl/N-ethyl adjacent to an activating group) is 1. The van der Waals surface area contributed by atoms with Gasteiger partial charge in [-0.2, -0.15) is 13.2 Å². The Morgan fingerprint density at radius 2 is 1.58 bits per heavy atom. The minimum Gasteiger partial charge on any atom is -0.495 e. The molecule has 0 aliphatic rings. The molecule has 0 N–H and O–H groups in total. The molecule has 3 aromatic rings. The molecule has 0 spiro atoms. The first-order valence-electron chi connectivity index (χ1n) is 11.4. The number of hydrogen-bond acceptors (Lipinski definition) is 3. The average Bonchev–Trinajstić information content (AvgIpc) is 2.84. The van der Waals surface area contributed by atoms with E-state index in [0.717, 1.165) is 40.3 Å². The van der Waals surface area contributed by atoms with E-state index in [1.54, 1.807) is 19.2 Å². The first-order chi connectivity index (χ1) is 17.0. The third-order valence-electron chi connectivity index (χ3n) is 6.07. The quantitative estimate of drug-likeness (QED) is 0.274. The number of benzene rings is 3. The number of alkyl halides is 3. The lowest BCUT2D eigenvalue weighted by atomic mass is 9.91. The number of methoxy groups -OCH3 is 1. The molecule has 0 heterocycles. The van der Waals surface area contributed by atoms with Crippen LogP contribution in [0.15, 0.2) is 97.3 Å². The van der Waals surface area contributed by atoms with Crippen molar-refractivity contribution in [3.8, 4) is 5.75 Å². The summed E-state index contributed by atoms with van der Waals surface area (Å²) in [7, 11) is 5.42. The SMILES string of the molecule is C=C(C(C(=C)N(CCc1ccc(C(F)(F)F)cc1)c1ccc(OC)c(Cl)c1)c1ccccc1)N(C)C. The van der Waals surface area contributed by atoms with Crippen LogP contribution < -0.4 is 9.64 Å². The minimum absolute atomic E-state index is 0.227. The summed E-state index contributed by atoms with van der Waals surface area (Å²) >= 11 is 6.45. The van der Waals surface area contributed by atoms with Crippen molar-refractivity contribution < 1.29 is 17.9 Å². The van der Waals surface area contributed by atoms with Crippen LogP contribution in [0, 0.1) is 0 Å². The van der Waals surface area contributed by atoms with Gasteiger partial charge in [0, 0.05) is 37.7 Å². The van der Waals surface area contributed by atoms with Crippen LogP contribution in [0.5, 0.6) is 5.75 Å². The molecular formula is C29H30ClF3N2O. The summed E-state index contributed by atoms with van der Waals surface area (Å²) in [6.07, 6.45) is -3.87. The Labute approximate surface area is 216 Å². The van der Waals surface area contributed by atoms with Gasteiger partial charge in [-0.05, 0) is 47.9 Å². The van der Waals surface area contributed by atoms with Crippen molar-refractivity contribution in [3.05, 3.63) is 119 Å². The van der Waals surface area contributed by atoms with Crippen molar-refractivity contribution in [1.29, 1.82) is 0 Å². The highest BCUT2D eigenvalue weighted by atomic mass is 35.5. The Balaban J connectivity index is 1.99. The summed E-state index contributed by atoms with van der Waals surface area (Å²) in [4.78, 5) is 3.99. The zero-order chi connectivity index (χ0) is 26.5. The van der Waals surface area contributed by atoms with Crippen LogP contribution in [-0.2, 0) is 12.6 Å². The van der Waals surface area contributed by atoms with Gasteiger partial charge in [0.25, 0.3) is 0 Å². The standard InChI is InChI=1S/C29H30ClF3N2O/c1-20(34(3)4)28(23-9-7-6-8-10-23)21(2)35(25-15-16-27(36-5)26(30)19-25)18-17-22-11-13-24(14-12-22)29(31,32)33/h6-16,19,28H,1-2,17-18H2,3-5H3. The van der Waals surface area contributed by atoms with Gasteiger partial charge in [0.1, 0.15) is 5.75 Å². The molecule has 0 bridgehead atoms. The summed E-state index contributed by atoms with van der Waals surface area (Å²) in [6, 6.07) is 20.7. The second-order valence-corrected chi connectivity index (χ2v) is 9.04. The summed E-state index contributed by atoms with van der Waals surface area (Å²) in [6.45, 7) is 9.24. The second kappa shape index (κ2) is 11.6. The fraction of sp³-hybridized carbons (Fsp3) is 0.241. The summed E-state index contributed by atoms with van der Waals surface area (Å²) in [5.41, 5.74) is 3.56. The first kappa shape index (κ1) is 27.2. The normalized spacial score (nSPS) is 12.1. The van der Waals surface area contributed by atoms with E-state index in [1.165, 1.54) is 12.1 Å². The van der Waals surface area contributed by atoms with Crippen LogP contribution in [0.1, 0.15) is 22.6 Å². The molecule has 0 saturated heterocycles. The van der Waals surface area contributed by atoms with E-state index in [2.05, 4.69) is 13.2 Å². The maximum absolute atomic E-state index is 13.0. The van der Waals surface area contributed by atoms with Gasteiger partial charge >= 0.3 is 6.18 Å². The van der Waals surface area contributed by atoms with Crippen molar-refractivity contribution in [2.75, 3.05) is 32.6 Å². The number of rotatable bonds is 10. The number of ether oxygens (including phenoxy) is 1. The molecular weight excluding hydrogens is 485 g/mol. The van der Waals surface area contributed by atoms with Crippen LogP contribution in [0.25, 0.3) is 0 Å². The highest BCUT2D eigenvalue weighted by Crippen LogP contribution is 2.38. The average molecular weight is 515 g/mol. The second-order valence-electron chi connectivity index (χ2n) is 8.64. The third kappa shape index (κ3) is 6.43. The Hall–Kier alpha value is -3.38. The molecule has 3 nitrogen and oxygen atoms in total. The fourth-order valence-corrected chi connectivity index (χ4v) is 4.25. The molecule has 36 heavy (non-hydrogen) atoms. The Morgan fingerprint density at radius 3 is 2.11 bits per heavy atom. The van der Waals surface area contributed by atoms with E-state index in [1.807, 2.05) is 60.3 Å². The zero-order valence-electron chi connectivity index (χ0n) is 20.6. The van der Waals surface area contributed by atoms with E-state index in [9.17, 15) is 13.2 Å². The van der Waals surface area contributed by atoms with E-state index in [4.69, 9.17) is 16.3 Å². The number of nitrogens with zero attached hydrogens (tertiary/aromatic N) is 2. The molecule has 3 aromatic carbocycles. The van der Waals surface area contributed by atoms with Gasteiger partial charge in [0.05, 0.1) is 23.6 Å². The van der Waals surface area contributed by atoms with Crippen molar-refractivity contribution in [1.82, 2.24) is 4.90 Å². The molecule has 0 aromatic heterocycles. The Kier molecular flexibility index (Phi) is 8.75. The Morgan fingerprint density at radius 1 is 0.944 bits per heavy atom. The van der Waals surface area contributed by atoms with E-state index in [-0.39, 0.29) is 5.92 Å². The van der Waals surface area contributed by atoms with E-state index in [0.29, 0.717) is 23.7 Å². The van der Waals surface area contributed by atoms with Gasteiger partial charge in [-0.3, -0.25) is 0 Å². The van der Waals surface area contributed by atoms with Crippen molar-refractivity contribution in [3.63, 3.8) is 0 Å². The van der Waals surface area contributed by atoms with Crippen molar-refractivity contribution in [2.45, 2.75) is 18.5 Å². The predicted octanol–water partition coefficient (Wildman–Crippen LogP) is 7.79. The van der Waals surface area contributed by atoms with Crippen LogP contribution in [0.3, 0.4) is 0 Å². The molecule has 1 atom stereocenters. The van der Waals surface area contributed by atoms with Gasteiger partial charge < -0.3 is 14.5 Å². The molecule has 0 saturated carbocycles. The summed E-state index contributed by atoms with van der Waals surface area (Å²) in [5, 5.41) is 0.449. The van der Waals surface area contributed by atoms with Crippen LogP contribution >= 0.6 is 11.6 Å². The molecule has 0 fully saturated rings. The largest absolute Gasteiger partial charge is 0.495 e. The maximum Gasteiger partial charge on any atom is 0.416 e. The number of hydrogen-bond donors (Lipinski definition) is 0. The molecule has 7 heteroatoms. The van der Waals surface area contributed by atoms with Gasteiger partial charge in [0.2, 0.25) is 0 Å². The van der Waals surface area contributed by atoms with Crippen molar-refractivity contribution in [2.24, 2.45) is 0 Å². The van der Waals surface area contributed by atoms with Gasteiger partial charge in [-0.1, -0.05) is 67.2 Å². The molecule has 1 unspecified atom stereocenters. The number of halogens is 4. The van der Waals surface area contributed by atoms with Crippen LogP contribution in [0.2, 0.25) is 5.02 Å². The lowest BCUT2D eigenvalue weighted by Gasteiger charge is -2.35. The van der Waals surface area contributed by atoms with Crippen LogP contribution in [0.4, 0.5) is 18.9 Å². The smallest absolute Gasteiger partial charge is 0.416 e. The van der Waals surface area contributed by atoms with Crippen molar-refractivity contribution >= 4 is 17.3 Å².